The molecule has 2 aromatic carbocycles. The molecule has 138 valence electrons. The third kappa shape index (κ3) is 5.23. The van der Waals surface area contributed by atoms with Crippen LogP contribution in [-0.4, -0.2) is 23.4 Å². The molecule has 0 saturated heterocycles. The molecule has 8 nitrogen and oxygen atoms in total. The molecule has 0 spiro atoms. The molecule has 27 heavy (non-hydrogen) atoms. The number of carbonyl (C=O) groups excluding carboxylic acids is 2. The first-order chi connectivity index (χ1) is 12.8. The molecule has 10 heteroatoms. The summed E-state index contributed by atoms with van der Waals surface area (Å²) >= 11 is 5.81. The lowest BCUT2D eigenvalue weighted by Gasteiger charge is -2.09. The number of non-ortho nitro benzene ring substituents is 1. The van der Waals surface area contributed by atoms with Crippen molar-refractivity contribution in [1.82, 2.24) is 0 Å². The Balaban J connectivity index is 1.96. The first-order valence-electron chi connectivity index (χ1n) is 7.38. The largest absolute Gasteiger partial charge is 0.455 e. The van der Waals surface area contributed by atoms with E-state index in [4.69, 9.17) is 21.6 Å². The minimum atomic E-state index is -0.874. The monoisotopic (exact) mass is 391 g/mol. The van der Waals surface area contributed by atoms with Gasteiger partial charge in [0.25, 0.3) is 11.6 Å². The van der Waals surface area contributed by atoms with Crippen LogP contribution in [0.5, 0.6) is 0 Å². The third-order valence-electron chi connectivity index (χ3n) is 3.36. The fourth-order valence-corrected chi connectivity index (χ4v) is 2.31. The summed E-state index contributed by atoms with van der Waals surface area (Å²) in [5.74, 6) is -2.32. The van der Waals surface area contributed by atoms with Crippen molar-refractivity contribution in [3.8, 4) is 6.07 Å². The maximum atomic E-state index is 13.6. The molecule has 0 aliphatic carbocycles. The van der Waals surface area contributed by atoms with Gasteiger partial charge in [-0.15, -0.1) is 0 Å². The Kier molecular flexibility index (Phi) is 6.41. The molecule has 1 amide bonds. The van der Waals surface area contributed by atoms with Crippen molar-refractivity contribution >= 4 is 34.9 Å². The van der Waals surface area contributed by atoms with Gasteiger partial charge in [0.05, 0.1) is 22.6 Å². The minimum Gasteiger partial charge on any atom is -0.455 e. The highest BCUT2D eigenvalue weighted by Gasteiger charge is 2.16. The van der Waals surface area contributed by atoms with Gasteiger partial charge in [-0.2, -0.15) is 5.26 Å². The van der Waals surface area contributed by atoms with E-state index in [0.717, 1.165) is 18.2 Å². The molecule has 0 atom stereocenters. The van der Waals surface area contributed by atoms with Crippen LogP contribution < -0.4 is 5.32 Å². The average molecular weight is 392 g/mol. The minimum absolute atomic E-state index is 0.0290. The number of esters is 1. The maximum Gasteiger partial charge on any atom is 0.310 e. The highest BCUT2D eigenvalue weighted by atomic mass is 35.5. The first kappa shape index (κ1) is 19.8. The van der Waals surface area contributed by atoms with Crippen molar-refractivity contribution in [2.45, 2.75) is 6.42 Å². The predicted octanol–water partition coefficient (Wildman–Crippen LogP) is 2.98. The van der Waals surface area contributed by atoms with E-state index < -0.39 is 35.6 Å². The molecule has 0 fully saturated rings. The number of anilines is 1. The van der Waals surface area contributed by atoms with Crippen molar-refractivity contribution in [1.29, 1.82) is 5.26 Å². The number of nitriles is 1. The zero-order valence-electron chi connectivity index (χ0n) is 13.6. The summed E-state index contributed by atoms with van der Waals surface area (Å²) in [6, 6.07) is 8.97. The van der Waals surface area contributed by atoms with Gasteiger partial charge < -0.3 is 10.1 Å². The van der Waals surface area contributed by atoms with E-state index in [1.807, 2.05) is 0 Å². The van der Waals surface area contributed by atoms with Crippen molar-refractivity contribution < 1.29 is 23.6 Å². The van der Waals surface area contributed by atoms with Crippen LogP contribution in [0.25, 0.3) is 0 Å². The second-order valence-electron chi connectivity index (χ2n) is 5.18. The zero-order valence-corrected chi connectivity index (χ0v) is 14.3. The van der Waals surface area contributed by atoms with Crippen LogP contribution in [0.15, 0.2) is 36.4 Å². The van der Waals surface area contributed by atoms with Crippen LogP contribution >= 0.6 is 11.6 Å². The maximum absolute atomic E-state index is 13.6. The van der Waals surface area contributed by atoms with Crippen LogP contribution in [0.2, 0.25) is 5.02 Å². The number of hydrogen-bond donors (Lipinski definition) is 1. The van der Waals surface area contributed by atoms with Gasteiger partial charge in [-0.3, -0.25) is 19.7 Å². The molecule has 0 bridgehead atoms. The average Bonchev–Trinajstić information content (AvgIpc) is 2.63. The molecule has 0 heterocycles. The lowest BCUT2D eigenvalue weighted by molar-refractivity contribution is -0.384. The molecular weight excluding hydrogens is 381 g/mol. The fourth-order valence-electron chi connectivity index (χ4n) is 2.08. The Bertz CT molecular complexity index is 938. The van der Waals surface area contributed by atoms with Crippen LogP contribution in [-0.2, 0) is 20.7 Å². The standard InChI is InChI=1S/C17H11ClFN3O5/c18-13-2-1-3-14(19)12(13)7-17(24)27-9-16(23)21-15-5-4-11(22(25)26)6-10(15)8-20/h1-6H,7,9H2,(H,21,23). The number of rotatable bonds is 6. The van der Waals surface area contributed by atoms with Gasteiger partial charge in [0.1, 0.15) is 11.9 Å². The Morgan fingerprint density at radius 2 is 2.07 bits per heavy atom. The molecule has 2 aromatic rings. The second kappa shape index (κ2) is 8.73. The molecule has 0 aromatic heterocycles. The highest BCUT2D eigenvalue weighted by Crippen LogP contribution is 2.22. The summed E-state index contributed by atoms with van der Waals surface area (Å²) in [5, 5.41) is 22.1. The van der Waals surface area contributed by atoms with E-state index >= 15 is 0 Å². The number of nitrogens with zero attached hydrogens (tertiary/aromatic N) is 2. The van der Waals surface area contributed by atoms with E-state index in [9.17, 15) is 24.1 Å². The third-order valence-corrected chi connectivity index (χ3v) is 3.71. The number of benzene rings is 2. The van der Waals surface area contributed by atoms with Crippen LogP contribution in [0, 0.1) is 27.3 Å². The molecule has 0 aliphatic rings. The lowest BCUT2D eigenvalue weighted by Crippen LogP contribution is -2.22. The van der Waals surface area contributed by atoms with Gasteiger partial charge >= 0.3 is 5.97 Å². The second-order valence-corrected chi connectivity index (χ2v) is 5.59. The molecule has 0 unspecified atom stereocenters. The van der Waals surface area contributed by atoms with Crippen molar-refractivity contribution in [3.63, 3.8) is 0 Å². The van der Waals surface area contributed by atoms with E-state index in [1.165, 1.54) is 18.2 Å². The highest BCUT2D eigenvalue weighted by molar-refractivity contribution is 6.31. The molecule has 0 aliphatic heterocycles. The van der Waals surface area contributed by atoms with Crippen molar-refractivity contribution in [2.24, 2.45) is 0 Å². The quantitative estimate of drug-likeness (QED) is 0.458. The first-order valence-corrected chi connectivity index (χ1v) is 7.76. The molecular formula is C17H11ClFN3O5. The van der Waals surface area contributed by atoms with Gasteiger partial charge in [-0.05, 0) is 18.2 Å². The topological polar surface area (TPSA) is 122 Å². The van der Waals surface area contributed by atoms with Crippen molar-refractivity contribution in [2.75, 3.05) is 11.9 Å². The van der Waals surface area contributed by atoms with Crippen LogP contribution in [0.1, 0.15) is 11.1 Å². The molecule has 2 rings (SSSR count). The Hall–Kier alpha value is -3.51. The number of nitro benzene ring substituents is 1. The van der Waals surface area contributed by atoms with E-state index in [0.29, 0.717) is 0 Å². The molecule has 0 saturated carbocycles. The van der Waals surface area contributed by atoms with Gasteiger partial charge in [0, 0.05) is 22.7 Å². The number of carbonyl (C=O) groups is 2. The summed E-state index contributed by atoms with van der Waals surface area (Å²) < 4.78 is 18.4. The number of nitro groups is 1. The Morgan fingerprint density at radius 3 is 2.70 bits per heavy atom. The fraction of sp³-hybridized carbons (Fsp3) is 0.118. The number of halogens is 2. The molecule has 1 N–H and O–H groups in total. The van der Waals surface area contributed by atoms with Gasteiger partial charge in [0.15, 0.2) is 6.61 Å². The van der Waals surface area contributed by atoms with Gasteiger partial charge in [-0.25, -0.2) is 4.39 Å². The smallest absolute Gasteiger partial charge is 0.310 e. The Morgan fingerprint density at radius 1 is 1.33 bits per heavy atom. The van der Waals surface area contributed by atoms with Gasteiger partial charge in [-0.1, -0.05) is 17.7 Å². The zero-order chi connectivity index (χ0) is 20.0. The number of amides is 1. The number of nitrogens with one attached hydrogen (secondary N) is 1. The number of hydrogen-bond acceptors (Lipinski definition) is 6. The Labute approximate surface area is 157 Å². The molecule has 0 radical (unpaired) electrons. The summed E-state index contributed by atoms with van der Waals surface area (Å²) in [6.45, 7) is -0.688. The van der Waals surface area contributed by atoms with E-state index in [-0.39, 0.29) is 27.5 Å². The summed E-state index contributed by atoms with van der Waals surface area (Å²) in [7, 11) is 0. The van der Waals surface area contributed by atoms with Crippen LogP contribution in [0.3, 0.4) is 0 Å². The summed E-state index contributed by atoms with van der Waals surface area (Å²) in [5.41, 5.74) is -0.451. The number of ether oxygens (including phenoxy) is 1. The SMILES string of the molecule is N#Cc1cc([N+](=O)[O-])ccc1NC(=O)COC(=O)Cc1c(F)cccc1Cl. The summed E-state index contributed by atoms with van der Waals surface area (Å²) in [6.07, 6.45) is -0.459. The van der Waals surface area contributed by atoms with Crippen molar-refractivity contribution in [3.05, 3.63) is 68.5 Å². The van der Waals surface area contributed by atoms with E-state index in [1.54, 1.807) is 6.07 Å². The lowest BCUT2D eigenvalue weighted by atomic mass is 10.1. The van der Waals surface area contributed by atoms with Crippen LogP contribution in [0.4, 0.5) is 15.8 Å². The normalized spacial score (nSPS) is 9.96. The van der Waals surface area contributed by atoms with Gasteiger partial charge in [0.2, 0.25) is 0 Å². The van der Waals surface area contributed by atoms with E-state index in [2.05, 4.69) is 5.32 Å². The predicted molar refractivity (Wildman–Crippen MR) is 92.5 cm³/mol. The summed E-state index contributed by atoms with van der Waals surface area (Å²) in [4.78, 5) is 33.6.